The van der Waals surface area contributed by atoms with Crippen LogP contribution in [0.4, 0.5) is 4.39 Å². The first kappa shape index (κ1) is 26.1. The van der Waals surface area contributed by atoms with E-state index in [-0.39, 0.29) is 29.7 Å². The maximum Gasteiger partial charge on any atom is 0.338 e. The molecule has 0 unspecified atom stereocenters. The Morgan fingerprint density at radius 1 is 1.12 bits per heavy atom. The van der Waals surface area contributed by atoms with E-state index in [9.17, 15) is 14.0 Å². The van der Waals surface area contributed by atoms with Crippen LogP contribution in [0.5, 0.6) is 5.75 Å². The van der Waals surface area contributed by atoms with E-state index < -0.39 is 11.8 Å². The van der Waals surface area contributed by atoms with Crippen molar-refractivity contribution in [1.82, 2.24) is 5.32 Å². The van der Waals surface area contributed by atoms with Gasteiger partial charge in [0.25, 0.3) is 5.91 Å². The lowest BCUT2D eigenvalue weighted by Gasteiger charge is -2.18. The van der Waals surface area contributed by atoms with Gasteiger partial charge in [0.15, 0.2) is 0 Å². The highest BCUT2D eigenvalue weighted by atomic mass is 19.1. The predicted molar refractivity (Wildman–Crippen MR) is 127 cm³/mol. The van der Waals surface area contributed by atoms with Gasteiger partial charge >= 0.3 is 5.97 Å². The van der Waals surface area contributed by atoms with Gasteiger partial charge < -0.3 is 19.5 Å². The van der Waals surface area contributed by atoms with Crippen molar-refractivity contribution in [2.24, 2.45) is 0 Å². The summed E-state index contributed by atoms with van der Waals surface area (Å²) in [5.74, 6) is -0.973. The number of carbonyl (C=O) groups is 2. The number of carbonyl (C=O) groups excluding carboxylic acids is 2. The van der Waals surface area contributed by atoms with Gasteiger partial charge in [0.05, 0.1) is 24.3 Å². The fourth-order valence-electron chi connectivity index (χ4n) is 3.24. The zero-order valence-electron chi connectivity index (χ0n) is 19.9. The first-order valence-electron chi connectivity index (χ1n) is 11.0. The third-order valence-corrected chi connectivity index (χ3v) is 4.68. The van der Waals surface area contributed by atoms with E-state index in [1.54, 1.807) is 38.3 Å². The molecule has 7 heteroatoms. The minimum Gasteiger partial charge on any atom is -0.493 e. The number of methoxy groups -OCH3 is 1. The minimum absolute atomic E-state index is 0.0552. The molecule has 178 valence electrons. The molecule has 6 nitrogen and oxygen atoms in total. The lowest BCUT2D eigenvalue weighted by atomic mass is 9.95. The van der Waals surface area contributed by atoms with E-state index >= 15 is 0 Å². The number of amides is 1. The van der Waals surface area contributed by atoms with E-state index in [1.165, 1.54) is 18.2 Å². The van der Waals surface area contributed by atoms with Crippen LogP contribution in [0.15, 0.2) is 36.4 Å². The zero-order valence-corrected chi connectivity index (χ0v) is 19.9. The molecule has 0 radical (unpaired) electrons. The molecule has 0 fully saturated rings. The van der Waals surface area contributed by atoms with Gasteiger partial charge in [-0.2, -0.15) is 0 Å². The smallest absolute Gasteiger partial charge is 0.338 e. The van der Waals surface area contributed by atoms with Crippen LogP contribution in [0, 0.1) is 5.82 Å². The number of allylic oxidation sites excluding steroid dienone is 1. The lowest BCUT2D eigenvalue weighted by molar-refractivity contribution is 0.0526. The fraction of sp³-hybridized carbons (Fsp3) is 0.385. The van der Waals surface area contributed by atoms with Gasteiger partial charge in [-0.3, -0.25) is 4.79 Å². The maximum absolute atomic E-state index is 15.0. The fourth-order valence-corrected chi connectivity index (χ4v) is 3.24. The zero-order chi connectivity index (χ0) is 24.4. The van der Waals surface area contributed by atoms with Crippen LogP contribution >= 0.6 is 0 Å². The summed E-state index contributed by atoms with van der Waals surface area (Å²) in [5, 5.41) is 2.89. The third kappa shape index (κ3) is 7.15. The second kappa shape index (κ2) is 12.7. The standard InChI is InChI=1S/C26H32FNO5/c1-6-9-18-14-22(21-15-19(10-11-23(21)27)26(30)32-7-2)24(33-13-8-12-31-5)16-20(18)25(29)28-17(3)4/h6,9-11,14-17H,7-8,12-13H2,1-5H3,(H,28,29)/b9-6+. The Bertz CT molecular complexity index is 1000. The van der Waals surface area contributed by atoms with Crippen molar-refractivity contribution < 1.29 is 28.2 Å². The topological polar surface area (TPSA) is 73.9 Å². The summed E-state index contributed by atoms with van der Waals surface area (Å²) in [7, 11) is 1.60. The first-order chi connectivity index (χ1) is 15.8. The largest absolute Gasteiger partial charge is 0.493 e. The summed E-state index contributed by atoms with van der Waals surface area (Å²) in [4.78, 5) is 25.1. The molecule has 0 bridgehead atoms. The predicted octanol–water partition coefficient (Wildman–Crippen LogP) is 5.26. The van der Waals surface area contributed by atoms with E-state index in [2.05, 4.69) is 5.32 Å². The molecule has 33 heavy (non-hydrogen) atoms. The Balaban J connectivity index is 2.66. The van der Waals surface area contributed by atoms with E-state index in [4.69, 9.17) is 14.2 Å². The van der Waals surface area contributed by atoms with Crippen LogP contribution in [0.3, 0.4) is 0 Å². The monoisotopic (exact) mass is 457 g/mol. The molecule has 0 aliphatic rings. The quantitative estimate of drug-likeness (QED) is 0.368. The van der Waals surface area contributed by atoms with Crippen molar-refractivity contribution in [2.45, 2.75) is 40.2 Å². The highest BCUT2D eigenvalue weighted by molar-refractivity contribution is 6.00. The third-order valence-electron chi connectivity index (χ3n) is 4.68. The van der Waals surface area contributed by atoms with Crippen LogP contribution in [-0.2, 0) is 9.47 Å². The van der Waals surface area contributed by atoms with Crippen molar-refractivity contribution in [2.75, 3.05) is 26.9 Å². The van der Waals surface area contributed by atoms with Gasteiger partial charge in [0, 0.05) is 37.3 Å². The number of esters is 1. The Kier molecular flexibility index (Phi) is 10.1. The molecule has 0 saturated carbocycles. The van der Waals surface area contributed by atoms with Gasteiger partial charge in [-0.15, -0.1) is 0 Å². The number of rotatable bonds is 11. The highest BCUT2D eigenvalue weighted by Gasteiger charge is 2.20. The molecule has 2 aromatic rings. The highest BCUT2D eigenvalue weighted by Crippen LogP contribution is 2.36. The first-order valence-corrected chi connectivity index (χ1v) is 11.0. The molecule has 0 aliphatic carbocycles. The van der Waals surface area contributed by atoms with Crippen molar-refractivity contribution in [3.63, 3.8) is 0 Å². The average Bonchev–Trinajstić information content (AvgIpc) is 2.77. The second-order valence-corrected chi connectivity index (χ2v) is 7.67. The number of hydrogen-bond acceptors (Lipinski definition) is 5. The Morgan fingerprint density at radius 3 is 2.52 bits per heavy atom. The number of benzene rings is 2. The molecular weight excluding hydrogens is 425 g/mol. The van der Waals surface area contributed by atoms with Crippen molar-refractivity contribution in [1.29, 1.82) is 0 Å². The lowest BCUT2D eigenvalue weighted by Crippen LogP contribution is -2.30. The summed E-state index contributed by atoms with van der Waals surface area (Å²) in [5.41, 5.74) is 1.87. The van der Waals surface area contributed by atoms with Crippen LogP contribution < -0.4 is 10.1 Å². The molecule has 1 N–H and O–H groups in total. The molecule has 0 atom stereocenters. The molecule has 0 heterocycles. The van der Waals surface area contributed by atoms with Gasteiger partial charge in [-0.1, -0.05) is 12.2 Å². The summed E-state index contributed by atoms with van der Waals surface area (Å²) in [6, 6.07) is 7.32. The molecule has 0 aliphatic heterocycles. The SMILES string of the molecule is C/C=C/c1cc(-c2cc(C(=O)OCC)ccc2F)c(OCCCOC)cc1C(=O)NC(C)C. The molecular formula is C26H32FNO5. The molecule has 2 rings (SSSR count). The van der Waals surface area contributed by atoms with Crippen molar-refractivity contribution in [3.05, 3.63) is 58.9 Å². The number of ether oxygens (including phenoxy) is 3. The van der Waals surface area contributed by atoms with Gasteiger partial charge in [-0.25, -0.2) is 9.18 Å². The average molecular weight is 458 g/mol. The molecule has 2 aromatic carbocycles. The van der Waals surface area contributed by atoms with Crippen molar-refractivity contribution in [3.8, 4) is 16.9 Å². The van der Waals surface area contributed by atoms with Crippen LogP contribution in [0.2, 0.25) is 0 Å². The van der Waals surface area contributed by atoms with Gasteiger partial charge in [0.1, 0.15) is 11.6 Å². The molecule has 1 amide bonds. The minimum atomic E-state index is -0.539. The summed E-state index contributed by atoms with van der Waals surface area (Å²) in [6.45, 7) is 8.32. The summed E-state index contributed by atoms with van der Waals surface area (Å²) in [6.07, 6.45) is 4.20. The maximum atomic E-state index is 15.0. The molecule has 0 saturated heterocycles. The van der Waals surface area contributed by atoms with Gasteiger partial charge in [0.2, 0.25) is 0 Å². The van der Waals surface area contributed by atoms with E-state index in [0.29, 0.717) is 42.1 Å². The normalized spacial score (nSPS) is 11.1. The number of hydrogen-bond donors (Lipinski definition) is 1. The van der Waals surface area contributed by atoms with Crippen LogP contribution in [-0.4, -0.2) is 44.8 Å². The molecule has 0 aromatic heterocycles. The van der Waals surface area contributed by atoms with E-state index in [0.717, 1.165) is 0 Å². The Labute approximate surface area is 194 Å². The Morgan fingerprint density at radius 2 is 1.88 bits per heavy atom. The Hall–Kier alpha value is -3.19. The number of halogens is 1. The molecule has 0 spiro atoms. The van der Waals surface area contributed by atoms with Crippen molar-refractivity contribution >= 4 is 18.0 Å². The van der Waals surface area contributed by atoms with Crippen LogP contribution in [0.1, 0.15) is 60.4 Å². The van der Waals surface area contributed by atoms with Crippen LogP contribution in [0.25, 0.3) is 17.2 Å². The number of nitrogens with one attached hydrogen (secondary N) is 1. The van der Waals surface area contributed by atoms with E-state index in [1.807, 2.05) is 20.8 Å². The van der Waals surface area contributed by atoms with Gasteiger partial charge in [-0.05, 0) is 63.6 Å². The summed E-state index contributed by atoms with van der Waals surface area (Å²) >= 11 is 0. The summed E-state index contributed by atoms with van der Waals surface area (Å²) < 4.78 is 31.0. The second-order valence-electron chi connectivity index (χ2n) is 7.67.